The molecule has 0 aromatic carbocycles. The first-order valence-electron chi connectivity index (χ1n) is 16.5. The van der Waals surface area contributed by atoms with Crippen LogP contribution in [0, 0.1) is 40.4 Å². The van der Waals surface area contributed by atoms with Crippen molar-refractivity contribution in [2.75, 3.05) is 13.2 Å². The van der Waals surface area contributed by atoms with E-state index in [1.165, 1.54) is 18.4 Å². The highest BCUT2D eigenvalue weighted by Crippen LogP contribution is 2.71. The molecule has 3 saturated heterocycles. The molecule has 3 aliphatic heterocycles. The van der Waals surface area contributed by atoms with Crippen molar-refractivity contribution in [2.24, 2.45) is 40.4 Å². The average molecular weight is 593 g/mol. The van der Waals surface area contributed by atoms with E-state index in [4.69, 9.17) is 18.9 Å². The highest BCUT2D eigenvalue weighted by molar-refractivity contribution is 5.26. The topological polar surface area (TPSA) is 138 Å². The number of allylic oxidation sites excluding steroid dienone is 1. The van der Waals surface area contributed by atoms with Crippen LogP contribution in [0.2, 0.25) is 0 Å². The molecular formula is C33H52O9. The van der Waals surface area contributed by atoms with Crippen LogP contribution in [0.5, 0.6) is 0 Å². The lowest BCUT2D eigenvalue weighted by molar-refractivity contribution is -0.318. The van der Waals surface area contributed by atoms with Gasteiger partial charge in [0.05, 0.1) is 31.0 Å². The third kappa shape index (κ3) is 4.28. The summed E-state index contributed by atoms with van der Waals surface area (Å²) in [5, 5.41) is 50.5. The molecule has 0 radical (unpaired) electrons. The van der Waals surface area contributed by atoms with Crippen LogP contribution in [0.25, 0.3) is 0 Å². The van der Waals surface area contributed by atoms with Crippen molar-refractivity contribution in [3.05, 3.63) is 11.6 Å². The van der Waals surface area contributed by atoms with Crippen LogP contribution >= 0.6 is 0 Å². The molecule has 7 rings (SSSR count). The van der Waals surface area contributed by atoms with Crippen molar-refractivity contribution >= 4 is 0 Å². The Kier molecular flexibility index (Phi) is 7.29. The molecule has 9 heteroatoms. The van der Waals surface area contributed by atoms with E-state index in [9.17, 15) is 25.5 Å². The molecule has 4 aliphatic carbocycles. The first-order valence-corrected chi connectivity index (χ1v) is 16.5. The number of ether oxygens (including phenoxy) is 4. The SMILES string of the molecule is CC1C2C(CC3C4CC=C5CC(O)CCC5(C)C4CCC32C)OC12CCC(C)(COC1OC(CO)C(O)C(O)C1O)O2. The van der Waals surface area contributed by atoms with E-state index >= 15 is 0 Å². The summed E-state index contributed by atoms with van der Waals surface area (Å²) in [6.45, 7) is 8.97. The maximum absolute atomic E-state index is 10.4. The van der Waals surface area contributed by atoms with Gasteiger partial charge in [-0.3, -0.25) is 0 Å². The molecule has 6 fully saturated rings. The van der Waals surface area contributed by atoms with Crippen molar-refractivity contribution < 1.29 is 44.5 Å². The fourth-order valence-corrected chi connectivity index (χ4v) is 11.2. The minimum absolute atomic E-state index is 0.133. The number of aliphatic hydroxyl groups is 5. The molecule has 5 N–H and O–H groups in total. The summed E-state index contributed by atoms with van der Waals surface area (Å²) in [5.41, 5.74) is 1.29. The van der Waals surface area contributed by atoms with Crippen LogP contribution in [0.15, 0.2) is 11.6 Å². The second-order valence-electron chi connectivity index (χ2n) is 15.8. The monoisotopic (exact) mass is 592 g/mol. The number of rotatable bonds is 4. The Morgan fingerprint density at radius 2 is 1.74 bits per heavy atom. The Labute approximate surface area is 249 Å². The average Bonchev–Trinajstić information content (AvgIpc) is 3.55. The quantitative estimate of drug-likeness (QED) is 0.312. The predicted octanol–water partition coefficient (Wildman–Crippen LogP) is 2.65. The molecule has 0 bridgehead atoms. The van der Waals surface area contributed by atoms with Crippen molar-refractivity contribution in [3.8, 4) is 0 Å². The molecule has 3 heterocycles. The van der Waals surface area contributed by atoms with Crippen LogP contribution in [-0.4, -0.2) is 93.0 Å². The number of hydrogen-bond donors (Lipinski definition) is 5. The van der Waals surface area contributed by atoms with Crippen molar-refractivity contribution in [3.63, 3.8) is 0 Å². The first-order chi connectivity index (χ1) is 19.8. The summed E-state index contributed by atoms with van der Waals surface area (Å²) >= 11 is 0. The van der Waals surface area contributed by atoms with Gasteiger partial charge in [0.1, 0.15) is 24.4 Å². The van der Waals surface area contributed by atoms with Gasteiger partial charge in [0.25, 0.3) is 0 Å². The van der Waals surface area contributed by atoms with E-state index in [1.54, 1.807) is 0 Å². The fourth-order valence-electron chi connectivity index (χ4n) is 11.2. The van der Waals surface area contributed by atoms with Crippen molar-refractivity contribution in [2.45, 2.75) is 140 Å². The minimum Gasteiger partial charge on any atom is -0.394 e. The Morgan fingerprint density at radius 3 is 2.50 bits per heavy atom. The molecular weight excluding hydrogens is 540 g/mol. The molecule has 0 aromatic heterocycles. The van der Waals surface area contributed by atoms with Gasteiger partial charge in [-0.2, -0.15) is 0 Å². The smallest absolute Gasteiger partial charge is 0.186 e. The maximum atomic E-state index is 10.4. The number of aliphatic hydroxyl groups excluding tert-OH is 5. The molecule has 238 valence electrons. The standard InChI is InChI=1S/C33H52O9/c1-17-25-23(14-22-20-6-5-18-13-19(35)7-9-31(18,3)21(20)8-10-32(22,25)4)41-33(17)12-11-30(2,42-33)16-39-29-28(38)27(37)26(36)24(15-34)40-29/h5,17,19-29,34-38H,6-16H2,1-4H3. The molecule has 1 spiro atoms. The third-order valence-corrected chi connectivity index (χ3v) is 13.6. The zero-order valence-electron chi connectivity index (χ0n) is 25.7. The maximum Gasteiger partial charge on any atom is 0.186 e. The Morgan fingerprint density at radius 1 is 0.952 bits per heavy atom. The second kappa shape index (κ2) is 10.2. The number of hydrogen-bond acceptors (Lipinski definition) is 9. The molecule has 0 aromatic rings. The highest BCUT2D eigenvalue weighted by atomic mass is 16.7. The van der Waals surface area contributed by atoms with E-state index in [0.29, 0.717) is 23.7 Å². The van der Waals surface area contributed by atoms with E-state index in [2.05, 4.69) is 26.8 Å². The first kappa shape index (κ1) is 30.1. The molecule has 16 unspecified atom stereocenters. The third-order valence-electron chi connectivity index (χ3n) is 13.6. The predicted molar refractivity (Wildman–Crippen MR) is 152 cm³/mol. The summed E-state index contributed by atoms with van der Waals surface area (Å²) < 4.78 is 25.3. The zero-order chi connectivity index (χ0) is 29.8. The van der Waals surface area contributed by atoms with E-state index < -0.39 is 48.7 Å². The fraction of sp³-hybridized carbons (Fsp3) is 0.939. The van der Waals surface area contributed by atoms with Gasteiger partial charge < -0.3 is 44.5 Å². The van der Waals surface area contributed by atoms with E-state index in [1.807, 2.05) is 6.92 Å². The number of fused-ring (bicyclic) bond motifs is 7. The van der Waals surface area contributed by atoms with Crippen LogP contribution in [-0.2, 0) is 18.9 Å². The van der Waals surface area contributed by atoms with Crippen LogP contribution in [0.3, 0.4) is 0 Å². The molecule has 16 atom stereocenters. The van der Waals surface area contributed by atoms with Crippen LogP contribution in [0.1, 0.15) is 85.5 Å². The van der Waals surface area contributed by atoms with Crippen LogP contribution in [0.4, 0.5) is 0 Å². The summed E-state index contributed by atoms with van der Waals surface area (Å²) in [6, 6.07) is 0. The minimum atomic E-state index is -1.47. The van der Waals surface area contributed by atoms with E-state index in [-0.39, 0.29) is 35.6 Å². The van der Waals surface area contributed by atoms with Gasteiger partial charge in [-0.15, -0.1) is 0 Å². The Balaban J connectivity index is 1.04. The van der Waals surface area contributed by atoms with Gasteiger partial charge in [0.15, 0.2) is 12.1 Å². The summed E-state index contributed by atoms with van der Waals surface area (Å²) in [4.78, 5) is 0. The lowest BCUT2D eigenvalue weighted by Gasteiger charge is -2.58. The van der Waals surface area contributed by atoms with E-state index in [0.717, 1.165) is 44.9 Å². The van der Waals surface area contributed by atoms with Gasteiger partial charge in [0, 0.05) is 12.3 Å². The van der Waals surface area contributed by atoms with Gasteiger partial charge >= 0.3 is 0 Å². The normalized spacial score (nSPS) is 58.7. The van der Waals surface area contributed by atoms with Crippen molar-refractivity contribution in [1.29, 1.82) is 0 Å². The summed E-state index contributed by atoms with van der Waals surface area (Å²) in [6.07, 6.45) is 5.06. The summed E-state index contributed by atoms with van der Waals surface area (Å²) in [7, 11) is 0. The molecule has 42 heavy (non-hydrogen) atoms. The van der Waals surface area contributed by atoms with Gasteiger partial charge in [-0.25, -0.2) is 0 Å². The van der Waals surface area contributed by atoms with Crippen molar-refractivity contribution in [1.82, 2.24) is 0 Å². The zero-order valence-corrected chi connectivity index (χ0v) is 25.7. The van der Waals surface area contributed by atoms with Gasteiger partial charge in [0.2, 0.25) is 0 Å². The van der Waals surface area contributed by atoms with Gasteiger partial charge in [-0.1, -0.05) is 32.4 Å². The molecule has 3 saturated carbocycles. The molecule has 9 nitrogen and oxygen atoms in total. The molecule has 0 amide bonds. The lowest BCUT2D eigenvalue weighted by Crippen LogP contribution is -2.59. The van der Waals surface area contributed by atoms with Crippen LogP contribution < -0.4 is 0 Å². The lowest BCUT2D eigenvalue weighted by atomic mass is 9.47. The Hall–Kier alpha value is -0.620. The Bertz CT molecular complexity index is 1080. The molecule has 7 aliphatic rings. The largest absolute Gasteiger partial charge is 0.394 e. The second-order valence-corrected chi connectivity index (χ2v) is 15.8. The highest BCUT2D eigenvalue weighted by Gasteiger charge is 2.70. The van der Waals surface area contributed by atoms with Gasteiger partial charge in [-0.05, 0) is 92.8 Å². The summed E-state index contributed by atoms with van der Waals surface area (Å²) in [5.74, 6) is 2.00.